The van der Waals surface area contributed by atoms with Crippen molar-refractivity contribution in [3.05, 3.63) is 59.7 Å². The minimum Gasteiger partial charge on any atom is -0.370 e. The first-order valence-electron chi connectivity index (χ1n) is 9.65. The van der Waals surface area contributed by atoms with Gasteiger partial charge in [-0.1, -0.05) is 30.3 Å². The third kappa shape index (κ3) is 3.54. The van der Waals surface area contributed by atoms with Crippen molar-refractivity contribution >= 4 is 23.2 Å². The Morgan fingerprint density at radius 1 is 1.00 bits per heavy atom. The number of fused-ring (bicyclic) bond motifs is 1. The Hall–Kier alpha value is -2.82. The number of nitrogens with one attached hydrogen (secondary N) is 1. The summed E-state index contributed by atoms with van der Waals surface area (Å²) in [4.78, 5) is 28.7. The maximum Gasteiger partial charge on any atom is 0.249 e. The highest BCUT2D eigenvalue weighted by atomic mass is 16.2. The van der Waals surface area contributed by atoms with E-state index in [2.05, 4.69) is 11.4 Å². The molecule has 0 saturated carbocycles. The van der Waals surface area contributed by atoms with Crippen molar-refractivity contribution in [1.29, 1.82) is 0 Å². The zero-order chi connectivity index (χ0) is 18.8. The van der Waals surface area contributed by atoms with Crippen molar-refractivity contribution in [2.45, 2.75) is 32.2 Å². The number of nitrogens with zero attached hydrogens (tertiary/aromatic N) is 2. The van der Waals surface area contributed by atoms with Gasteiger partial charge in [0, 0.05) is 37.9 Å². The Labute approximate surface area is 160 Å². The Morgan fingerprint density at radius 2 is 1.74 bits per heavy atom. The molecule has 2 aromatic rings. The van der Waals surface area contributed by atoms with Crippen molar-refractivity contribution in [2.75, 3.05) is 29.9 Å². The highest BCUT2D eigenvalue weighted by Gasteiger charge is 2.28. The molecule has 1 atom stereocenters. The van der Waals surface area contributed by atoms with Gasteiger partial charge in [-0.3, -0.25) is 9.59 Å². The first-order valence-corrected chi connectivity index (χ1v) is 9.65. The van der Waals surface area contributed by atoms with Crippen LogP contribution >= 0.6 is 0 Å². The van der Waals surface area contributed by atoms with Gasteiger partial charge in [0.1, 0.15) is 6.04 Å². The second-order valence-electron chi connectivity index (χ2n) is 7.28. The molecular formula is C22H25N3O2. The van der Waals surface area contributed by atoms with Crippen LogP contribution in [-0.4, -0.2) is 36.3 Å². The van der Waals surface area contributed by atoms with Crippen molar-refractivity contribution in [2.24, 2.45) is 0 Å². The number of carbonyl (C=O) groups is 2. The minimum absolute atomic E-state index is 0.0702. The van der Waals surface area contributed by atoms with Crippen molar-refractivity contribution in [1.82, 2.24) is 4.90 Å². The van der Waals surface area contributed by atoms with Gasteiger partial charge >= 0.3 is 0 Å². The summed E-state index contributed by atoms with van der Waals surface area (Å²) in [5.41, 5.74) is 4.02. The molecule has 4 rings (SSSR count). The fourth-order valence-electron chi connectivity index (χ4n) is 4.04. The molecule has 5 nitrogen and oxygen atoms in total. The Kier molecular flexibility index (Phi) is 4.84. The van der Waals surface area contributed by atoms with Gasteiger partial charge in [-0.25, -0.2) is 0 Å². The summed E-state index contributed by atoms with van der Waals surface area (Å²) < 4.78 is 0. The number of likely N-dealkylation sites (tertiary alicyclic amines) is 1. The molecule has 2 aliphatic rings. The quantitative estimate of drug-likeness (QED) is 0.906. The van der Waals surface area contributed by atoms with Crippen LogP contribution in [0.1, 0.15) is 36.9 Å². The van der Waals surface area contributed by atoms with Crippen LogP contribution in [-0.2, 0) is 16.0 Å². The molecule has 5 heteroatoms. The molecule has 27 heavy (non-hydrogen) atoms. The maximum absolute atomic E-state index is 13.1. The molecule has 0 aromatic heterocycles. The van der Waals surface area contributed by atoms with Gasteiger partial charge in [-0.2, -0.15) is 0 Å². The van der Waals surface area contributed by atoms with Crippen molar-refractivity contribution < 1.29 is 9.59 Å². The summed E-state index contributed by atoms with van der Waals surface area (Å²) >= 11 is 0. The molecule has 2 heterocycles. The molecule has 2 aromatic carbocycles. The third-order valence-corrected chi connectivity index (χ3v) is 5.46. The molecule has 0 radical (unpaired) electrons. The van der Waals surface area contributed by atoms with Gasteiger partial charge < -0.3 is 15.1 Å². The van der Waals surface area contributed by atoms with Crippen LogP contribution in [0, 0.1) is 0 Å². The first-order chi connectivity index (χ1) is 13.1. The number of hydrogen-bond donors (Lipinski definition) is 1. The number of amides is 2. The molecule has 0 unspecified atom stereocenters. The zero-order valence-electron chi connectivity index (χ0n) is 15.6. The molecule has 0 bridgehead atoms. The van der Waals surface area contributed by atoms with E-state index in [0.29, 0.717) is 0 Å². The van der Waals surface area contributed by atoms with Crippen molar-refractivity contribution in [3.8, 4) is 0 Å². The van der Waals surface area contributed by atoms with E-state index in [9.17, 15) is 9.59 Å². The van der Waals surface area contributed by atoms with Gasteiger partial charge in [0.25, 0.3) is 0 Å². The lowest BCUT2D eigenvalue weighted by Gasteiger charge is -2.25. The van der Waals surface area contributed by atoms with Gasteiger partial charge in [0.05, 0.1) is 0 Å². The summed E-state index contributed by atoms with van der Waals surface area (Å²) in [6, 6.07) is 15.5. The molecule has 140 valence electrons. The van der Waals surface area contributed by atoms with E-state index in [0.717, 1.165) is 61.4 Å². The van der Waals surface area contributed by atoms with Crippen molar-refractivity contribution in [3.63, 3.8) is 0 Å². The number of anilines is 2. The summed E-state index contributed by atoms with van der Waals surface area (Å²) in [5, 5.41) is 3.45. The average molecular weight is 363 g/mol. The van der Waals surface area contributed by atoms with E-state index in [4.69, 9.17) is 0 Å². The van der Waals surface area contributed by atoms with Gasteiger partial charge in [-0.15, -0.1) is 0 Å². The molecule has 2 aliphatic heterocycles. The third-order valence-electron chi connectivity index (χ3n) is 5.46. The van der Waals surface area contributed by atoms with E-state index < -0.39 is 6.04 Å². The Morgan fingerprint density at radius 3 is 2.44 bits per heavy atom. The molecular weight excluding hydrogens is 338 g/mol. The minimum atomic E-state index is -0.396. The van der Waals surface area contributed by atoms with Crippen LogP contribution < -0.4 is 10.2 Å². The molecule has 1 saturated heterocycles. The number of benzene rings is 2. The molecule has 0 spiro atoms. The van der Waals surface area contributed by atoms with E-state index in [1.165, 1.54) is 0 Å². The lowest BCUT2D eigenvalue weighted by Crippen LogP contribution is -2.36. The van der Waals surface area contributed by atoms with E-state index in [-0.39, 0.29) is 11.8 Å². The number of hydrogen-bond acceptors (Lipinski definition) is 3. The van der Waals surface area contributed by atoms with E-state index in [1.54, 1.807) is 6.92 Å². The highest BCUT2D eigenvalue weighted by Crippen LogP contribution is 2.32. The number of carbonyl (C=O) groups excluding carboxylic acids is 2. The van der Waals surface area contributed by atoms with Crippen LogP contribution in [0.15, 0.2) is 48.5 Å². The predicted molar refractivity (Wildman–Crippen MR) is 107 cm³/mol. The monoisotopic (exact) mass is 363 g/mol. The second kappa shape index (κ2) is 7.43. The summed E-state index contributed by atoms with van der Waals surface area (Å²) in [7, 11) is 0. The smallest absolute Gasteiger partial charge is 0.249 e. The zero-order valence-corrected chi connectivity index (χ0v) is 15.6. The standard InChI is InChI=1S/C22H25N3O2/c1-16(26)25-14-11-18-15-19(9-10-20(18)25)23-21(17-7-3-2-4-8-17)22(27)24-12-5-6-13-24/h2-4,7-10,15,21,23H,5-6,11-14H2,1H3/t21-/m0/s1. The molecule has 1 N–H and O–H groups in total. The lowest BCUT2D eigenvalue weighted by molar-refractivity contribution is -0.131. The summed E-state index contributed by atoms with van der Waals surface area (Å²) in [6.07, 6.45) is 3.00. The van der Waals surface area contributed by atoms with E-state index >= 15 is 0 Å². The first kappa shape index (κ1) is 17.6. The predicted octanol–water partition coefficient (Wildman–Crippen LogP) is 3.37. The molecule has 1 fully saturated rings. The van der Waals surface area contributed by atoms with Crippen LogP contribution in [0.4, 0.5) is 11.4 Å². The maximum atomic E-state index is 13.1. The van der Waals surface area contributed by atoms with Crippen LogP contribution in [0.25, 0.3) is 0 Å². The Bertz CT molecular complexity index is 844. The van der Waals surface area contributed by atoms with Crippen LogP contribution in [0.2, 0.25) is 0 Å². The van der Waals surface area contributed by atoms with E-state index in [1.807, 2.05) is 52.3 Å². The number of rotatable bonds is 4. The lowest BCUT2D eigenvalue weighted by atomic mass is 10.0. The largest absolute Gasteiger partial charge is 0.370 e. The SMILES string of the molecule is CC(=O)N1CCc2cc(N[C@H](C(=O)N3CCCC3)c3ccccc3)ccc21. The normalized spacial score (nSPS) is 16.9. The van der Waals surface area contributed by atoms with Crippen LogP contribution in [0.5, 0.6) is 0 Å². The van der Waals surface area contributed by atoms with Gasteiger partial charge in [0.15, 0.2) is 0 Å². The fraction of sp³-hybridized carbons (Fsp3) is 0.364. The van der Waals surface area contributed by atoms with Crippen LogP contribution in [0.3, 0.4) is 0 Å². The fourth-order valence-corrected chi connectivity index (χ4v) is 4.04. The molecule has 2 amide bonds. The van der Waals surface area contributed by atoms with Gasteiger partial charge in [-0.05, 0) is 48.6 Å². The average Bonchev–Trinajstić information content (AvgIpc) is 3.35. The highest BCUT2D eigenvalue weighted by molar-refractivity contribution is 5.94. The summed E-state index contributed by atoms with van der Waals surface area (Å²) in [5.74, 6) is 0.199. The topological polar surface area (TPSA) is 52.7 Å². The summed E-state index contributed by atoms with van der Waals surface area (Å²) in [6.45, 7) is 3.99. The molecule has 0 aliphatic carbocycles. The van der Waals surface area contributed by atoms with Gasteiger partial charge in [0.2, 0.25) is 11.8 Å². The second-order valence-corrected chi connectivity index (χ2v) is 7.28. The Balaban J connectivity index is 1.60.